The van der Waals surface area contributed by atoms with Crippen LogP contribution in [-0.4, -0.2) is 45.8 Å². The lowest BCUT2D eigenvalue weighted by Gasteiger charge is -2.16. The lowest BCUT2D eigenvalue weighted by Crippen LogP contribution is -2.21. The average Bonchev–Trinajstić information content (AvgIpc) is 3.17. The number of likely N-dealkylation sites (tertiary alicyclic amines) is 1. The van der Waals surface area contributed by atoms with E-state index >= 15 is 0 Å². The summed E-state index contributed by atoms with van der Waals surface area (Å²) in [5.41, 5.74) is 1.17. The van der Waals surface area contributed by atoms with Crippen molar-refractivity contribution >= 4 is 11.7 Å². The quantitative estimate of drug-likeness (QED) is 0.909. The van der Waals surface area contributed by atoms with E-state index in [4.69, 9.17) is 4.74 Å². The molecule has 2 aromatic rings. The highest BCUT2D eigenvalue weighted by Crippen LogP contribution is 2.23. The maximum atomic E-state index is 11.1. The fourth-order valence-corrected chi connectivity index (χ4v) is 2.84. The molecule has 23 heavy (non-hydrogen) atoms. The minimum Gasteiger partial charge on any atom is -0.481 e. The van der Waals surface area contributed by atoms with Crippen molar-refractivity contribution in [2.24, 2.45) is 0 Å². The van der Waals surface area contributed by atoms with E-state index in [-0.39, 0.29) is 5.91 Å². The van der Waals surface area contributed by atoms with Crippen LogP contribution in [0.3, 0.4) is 0 Å². The van der Waals surface area contributed by atoms with Crippen molar-refractivity contribution in [2.75, 3.05) is 25.5 Å². The first-order chi connectivity index (χ1) is 11.1. The minimum absolute atomic E-state index is 0.102. The number of pyridine rings is 1. The highest BCUT2D eigenvalue weighted by molar-refractivity contribution is 5.87. The molecule has 122 valence electrons. The van der Waals surface area contributed by atoms with E-state index in [1.807, 2.05) is 35.3 Å². The Hall–Kier alpha value is -2.41. The molecule has 1 saturated heterocycles. The number of ether oxygens (including phenoxy) is 1. The van der Waals surface area contributed by atoms with E-state index in [0.717, 1.165) is 26.1 Å². The molecule has 0 saturated carbocycles. The van der Waals surface area contributed by atoms with E-state index in [9.17, 15) is 4.79 Å². The van der Waals surface area contributed by atoms with Gasteiger partial charge in [0.2, 0.25) is 11.8 Å². The van der Waals surface area contributed by atoms with Crippen molar-refractivity contribution in [3.05, 3.63) is 36.2 Å². The Labute approximate surface area is 135 Å². The number of nitrogens with zero attached hydrogens (tertiary/aromatic N) is 4. The van der Waals surface area contributed by atoms with Crippen molar-refractivity contribution < 1.29 is 9.53 Å². The molecule has 0 radical (unpaired) electrons. The molecule has 1 N–H and O–H groups in total. The Morgan fingerprint density at radius 1 is 1.43 bits per heavy atom. The third-order valence-corrected chi connectivity index (χ3v) is 3.95. The van der Waals surface area contributed by atoms with Crippen molar-refractivity contribution in [1.82, 2.24) is 19.7 Å². The number of aromatic nitrogens is 3. The summed E-state index contributed by atoms with van der Waals surface area (Å²) in [6.45, 7) is 4.31. The van der Waals surface area contributed by atoms with Gasteiger partial charge in [-0.15, -0.1) is 0 Å². The van der Waals surface area contributed by atoms with Gasteiger partial charge in [0.1, 0.15) is 0 Å². The third-order valence-electron chi connectivity index (χ3n) is 3.95. The van der Waals surface area contributed by atoms with Crippen molar-refractivity contribution in [3.8, 4) is 5.88 Å². The second kappa shape index (κ2) is 6.78. The summed E-state index contributed by atoms with van der Waals surface area (Å²) in [7, 11) is 1.62. The van der Waals surface area contributed by atoms with Gasteiger partial charge in [-0.25, -0.2) is 4.98 Å². The molecule has 1 aliphatic heterocycles. The molecule has 0 spiro atoms. The van der Waals surface area contributed by atoms with E-state index in [1.165, 1.54) is 12.5 Å². The van der Waals surface area contributed by atoms with Gasteiger partial charge in [-0.2, -0.15) is 5.10 Å². The summed E-state index contributed by atoms with van der Waals surface area (Å²) in [4.78, 5) is 17.7. The maximum absolute atomic E-state index is 11.1. The molecular formula is C16H21N5O2. The molecule has 7 nitrogen and oxygen atoms in total. The molecule has 0 unspecified atom stereocenters. The third kappa shape index (κ3) is 3.87. The smallest absolute Gasteiger partial charge is 0.222 e. The zero-order valence-corrected chi connectivity index (χ0v) is 13.4. The van der Waals surface area contributed by atoms with Gasteiger partial charge in [-0.3, -0.25) is 14.4 Å². The molecule has 1 fully saturated rings. The Kier molecular flexibility index (Phi) is 4.57. The molecule has 0 aromatic carbocycles. The predicted molar refractivity (Wildman–Crippen MR) is 86.3 cm³/mol. The van der Waals surface area contributed by atoms with Gasteiger partial charge in [0, 0.05) is 51.1 Å². The molecular weight excluding hydrogens is 294 g/mol. The number of rotatable bonds is 5. The van der Waals surface area contributed by atoms with Gasteiger partial charge in [0.25, 0.3) is 0 Å². The summed E-state index contributed by atoms with van der Waals surface area (Å²) < 4.78 is 7.02. The maximum Gasteiger partial charge on any atom is 0.222 e. The standard InChI is InChI=1S/C16H21N5O2/c1-12(22)18-15-6-8-21(19-15)14-5-7-20(11-14)10-13-3-4-16(23-2)17-9-13/h3-4,6,8-9,14H,5,7,10-11H2,1-2H3,(H,18,19,22)/t14-/m0/s1. The van der Waals surface area contributed by atoms with Crippen molar-refractivity contribution in [1.29, 1.82) is 0 Å². The number of hydrogen-bond donors (Lipinski definition) is 1. The Morgan fingerprint density at radius 3 is 3.00 bits per heavy atom. The van der Waals surface area contributed by atoms with Crippen LogP contribution < -0.4 is 10.1 Å². The number of carbonyl (C=O) groups is 1. The van der Waals surface area contributed by atoms with Gasteiger partial charge in [0.15, 0.2) is 5.82 Å². The topological polar surface area (TPSA) is 72.3 Å². The summed E-state index contributed by atoms with van der Waals surface area (Å²) in [5, 5.41) is 7.13. The fourth-order valence-electron chi connectivity index (χ4n) is 2.84. The molecule has 3 heterocycles. The summed E-state index contributed by atoms with van der Waals surface area (Å²) in [6, 6.07) is 6.10. The average molecular weight is 315 g/mol. The van der Waals surface area contributed by atoms with E-state index in [0.29, 0.717) is 17.7 Å². The lowest BCUT2D eigenvalue weighted by atomic mass is 10.2. The largest absolute Gasteiger partial charge is 0.481 e. The van der Waals surface area contributed by atoms with E-state index in [1.54, 1.807) is 7.11 Å². The number of carbonyl (C=O) groups excluding carboxylic acids is 1. The number of nitrogens with one attached hydrogen (secondary N) is 1. The Balaban J connectivity index is 1.57. The second-order valence-corrected chi connectivity index (χ2v) is 5.75. The molecule has 2 aromatic heterocycles. The molecule has 3 rings (SSSR count). The van der Waals surface area contributed by atoms with Gasteiger partial charge < -0.3 is 10.1 Å². The summed E-state index contributed by atoms with van der Waals surface area (Å²) >= 11 is 0. The molecule has 0 bridgehead atoms. The summed E-state index contributed by atoms with van der Waals surface area (Å²) in [6.07, 6.45) is 4.83. The normalized spacial score (nSPS) is 18.1. The first kappa shape index (κ1) is 15.5. The minimum atomic E-state index is -0.102. The van der Waals surface area contributed by atoms with E-state index < -0.39 is 0 Å². The number of anilines is 1. The van der Waals surface area contributed by atoms with Crippen LogP contribution in [0, 0.1) is 0 Å². The monoisotopic (exact) mass is 315 g/mol. The number of methoxy groups -OCH3 is 1. The number of hydrogen-bond acceptors (Lipinski definition) is 5. The highest BCUT2D eigenvalue weighted by Gasteiger charge is 2.24. The second-order valence-electron chi connectivity index (χ2n) is 5.75. The van der Waals surface area contributed by atoms with Crippen molar-refractivity contribution in [3.63, 3.8) is 0 Å². The van der Waals surface area contributed by atoms with Gasteiger partial charge in [-0.05, 0) is 12.0 Å². The SMILES string of the molecule is COc1ccc(CN2CC[C@H](n3ccc(NC(C)=O)n3)C2)cn1. The highest BCUT2D eigenvalue weighted by atomic mass is 16.5. The Bertz CT molecular complexity index is 667. The lowest BCUT2D eigenvalue weighted by molar-refractivity contribution is -0.114. The first-order valence-corrected chi connectivity index (χ1v) is 7.68. The first-order valence-electron chi connectivity index (χ1n) is 7.68. The van der Waals surface area contributed by atoms with Crippen LogP contribution in [0.2, 0.25) is 0 Å². The van der Waals surface area contributed by atoms with Crippen LogP contribution in [0.15, 0.2) is 30.6 Å². The van der Waals surface area contributed by atoms with Crippen molar-refractivity contribution in [2.45, 2.75) is 25.9 Å². The van der Waals surface area contributed by atoms with Crippen LogP contribution in [0.5, 0.6) is 5.88 Å². The van der Waals surface area contributed by atoms with Crippen LogP contribution in [-0.2, 0) is 11.3 Å². The van der Waals surface area contributed by atoms with Crippen LogP contribution >= 0.6 is 0 Å². The van der Waals surface area contributed by atoms with Gasteiger partial charge >= 0.3 is 0 Å². The van der Waals surface area contributed by atoms with Gasteiger partial charge in [0.05, 0.1) is 13.2 Å². The molecule has 1 aliphatic rings. The van der Waals surface area contributed by atoms with Crippen LogP contribution in [0.4, 0.5) is 5.82 Å². The molecule has 1 atom stereocenters. The molecule has 1 amide bonds. The number of amides is 1. The zero-order chi connectivity index (χ0) is 16.2. The van der Waals surface area contributed by atoms with Gasteiger partial charge in [-0.1, -0.05) is 6.07 Å². The Morgan fingerprint density at radius 2 is 2.30 bits per heavy atom. The molecule has 7 heteroatoms. The van der Waals surface area contributed by atoms with E-state index in [2.05, 4.69) is 20.3 Å². The predicted octanol–water partition coefficient (Wildman–Crippen LogP) is 1.69. The zero-order valence-electron chi connectivity index (χ0n) is 13.4. The fraction of sp³-hybridized carbons (Fsp3) is 0.438. The van der Waals surface area contributed by atoms with Crippen LogP contribution in [0.1, 0.15) is 24.9 Å². The molecule has 0 aliphatic carbocycles. The summed E-state index contributed by atoms with van der Waals surface area (Å²) in [5.74, 6) is 1.14. The van der Waals surface area contributed by atoms with Crippen LogP contribution in [0.25, 0.3) is 0 Å².